The van der Waals surface area contributed by atoms with Crippen LogP contribution in [0, 0.1) is 5.41 Å². The fourth-order valence-electron chi connectivity index (χ4n) is 4.52. The SMILES string of the molecule is CC(C)(C)CCNNC(=O)[C@@]1(Cc2ccc(Br)cc2)N=C(c2ccc(OCCCO)cc2)O[C@H]1c1ccc(Br)cc1. The predicted octanol–water partition coefficient (Wildman–Crippen LogP) is 6.53. The van der Waals surface area contributed by atoms with Crippen LogP contribution in [-0.4, -0.2) is 42.2 Å². The summed E-state index contributed by atoms with van der Waals surface area (Å²) >= 11 is 7.03. The summed E-state index contributed by atoms with van der Waals surface area (Å²) < 4.78 is 14.2. The van der Waals surface area contributed by atoms with Crippen molar-refractivity contribution in [2.75, 3.05) is 19.8 Å². The molecule has 2 atom stereocenters. The highest BCUT2D eigenvalue weighted by Gasteiger charge is 2.53. The van der Waals surface area contributed by atoms with Gasteiger partial charge in [-0.25, -0.2) is 10.4 Å². The van der Waals surface area contributed by atoms with Gasteiger partial charge in [-0.2, -0.15) is 0 Å². The number of hydrazine groups is 1. The average Bonchev–Trinajstić information content (AvgIpc) is 3.33. The molecule has 4 rings (SSSR count). The zero-order valence-electron chi connectivity index (χ0n) is 23.6. The number of hydrogen-bond acceptors (Lipinski definition) is 6. The van der Waals surface area contributed by atoms with Crippen molar-refractivity contribution >= 4 is 43.7 Å². The Kier molecular flexibility index (Phi) is 10.6. The second kappa shape index (κ2) is 14.0. The molecule has 218 valence electrons. The first-order chi connectivity index (χ1) is 19.6. The number of nitrogens with one attached hydrogen (secondary N) is 2. The lowest BCUT2D eigenvalue weighted by Gasteiger charge is -2.31. The predicted molar refractivity (Wildman–Crippen MR) is 169 cm³/mol. The van der Waals surface area contributed by atoms with E-state index in [1.54, 1.807) is 0 Å². The smallest absolute Gasteiger partial charge is 0.266 e. The van der Waals surface area contributed by atoms with Gasteiger partial charge in [0.2, 0.25) is 5.90 Å². The minimum absolute atomic E-state index is 0.0771. The van der Waals surface area contributed by atoms with E-state index in [1.807, 2.05) is 72.8 Å². The maximum atomic E-state index is 14.2. The van der Waals surface area contributed by atoms with Gasteiger partial charge in [-0.05, 0) is 71.5 Å². The van der Waals surface area contributed by atoms with Crippen LogP contribution in [0.5, 0.6) is 5.75 Å². The lowest BCUT2D eigenvalue weighted by Crippen LogP contribution is -2.54. The van der Waals surface area contributed by atoms with Crippen LogP contribution in [0.15, 0.2) is 86.7 Å². The molecule has 1 aliphatic heterocycles. The van der Waals surface area contributed by atoms with Crippen LogP contribution >= 0.6 is 31.9 Å². The van der Waals surface area contributed by atoms with E-state index in [0.29, 0.717) is 37.6 Å². The van der Waals surface area contributed by atoms with Gasteiger partial charge < -0.3 is 14.6 Å². The number of aliphatic hydroxyl groups is 1. The molecule has 1 heterocycles. The first-order valence-corrected chi connectivity index (χ1v) is 15.3. The number of nitrogens with zero attached hydrogens (tertiary/aromatic N) is 1. The Morgan fingerprint density at radius 3 is 2.24 bits per heavy atom. The summed E-state index contributed by atoms with van der Waals surface area (Å²) in [4.78, 5) is 19.2. The van der Waals surface area contributed by atoms with Crippen LogP contribution in [0.4, 0.5) is 0 Å². The van der Waals surface area contributed by atoms with Gasteiger partial charge in [0, 0.05) is 40.5 Å². The number of carbonyl (C=O) groups excluding carboxylic acids is 1. The van der Waals surface area contributed by atoms with Crippen LogP contribution < -0.4 is 15.6 Å². The lowest BCUT2D eigenvalue weighted by molar-refractivity contribution is -0.130. The van der Waals surface area contributed by atoms with Gasteiger partial charge in [0.25, 0.3) is 5.91 Å². The van der Waals surface area contributed by atoms with Crippen molar-refractivity contribution in [1.29, 1.82) is 0 Å². The maximum Gasteiger partial charge on any atom is 0.266 e. The molecular weight excluding hydrogens is 650 g/mol. The lowest BCUT2D eigenvalue weighted by atomic mass is 9.82. The third-order valence-corrected chi connectivity index (χ3v) is 7.85. The van der Waals surface area contributed by atoms with Gasteiger partial charge in [0.05, 0.1) is 6.61 Å². The highest BCUT2D eigenvalue weighted by molar-refractivity contribution is 9.10. The van der Waals surface area contributed by atoms with Gasteiger partial charge in [-0.1, -0.05) is 76.9 Å². The Morgan fingerprint density at radius 2 is 1.63 bits per heavy atom. The third-order valence-electron chi connectivity index (χ3n) is 6.79. The minimum atomic E-state index is -1.28. The summed E-state index contributed by atoms with van der Waals surface area (Å²) in [6.07, 6.45) is 1.11. The standard InChI is InChI=1S/C32H37Br2N3O4/c1-31(2,3)17-18-35-37-30(39)32(21-22-5-11-25(33)12-6-22)28(23-7-13-26(34)14-8-23)41-29(36-32)24-9-15-27(16-10-24)40-20-4-19-38/h5-16,28,35,38H,4,17-21H2,1-3H3,(H,37,39)/t28-,32-/m0/s1. The maximum absolute atomic E-state index is 14.2. The summed E-state index contributed by atoms with van der Waals surface area (Å²) in [6, 6.07) is 23.2. The Labute approximate surface area is 259 Å². The van der Waals surface area contributed by atoms with Crippen LogP contribution in [0.3, 0.4) is 0 Å². The summed E-state index contributed by atoms with van der Waals surface area (Å²) in [5.41, 5.74) is 7.49. The number of amides is 1. The molecule has 0 spiro atoms. The van der Waals surface area contributed by atoms with E-state index in [9.17, 15) is 4.79 Å². The van der Waals surface area contributed by atoms with E-state index in [4.69, 9.17) is 19.6 Å². The molecule has 41 heavy (non-hydrogen) atoms. The molecule has 0 bridgehead atoms. The number of ether oxygens (including phenoxy) is 2. The van der Waals surface area contributed by atoms with Crippen molar-refractivity contribution in [3.8, 4) is 5.75 Å². The molecular formula is C32H37Br2N3O4. The number of aliphatic hydroxyl groups excluding tert-OH is 1. The molecule has 3 aromatic carbocycles. The molecule has 0 aromatic heterocycles. The Hall–Kier alpha value is -2.72. The summed E-state index contributed by atoms with van der Waals surface area (Å²) in [7, 11) is 0. The second-order valence-electron chi connectivity index (χ2n) is 11.3. The normalized spacial score (nSPS) is 18.5. The van der Waals surface area contributed by atoms with Gasteiger partial charge >= 0.3 is 0 Å². The number of benzene rings is 3. The molecule has 0 unspecified atom stereocenters. The number of aliphatic imine (C=N–C) groups is 1. The summed E-state index contributed by atoms with van der Waals surface area (Å²) in [5.74, 6) is 0.815. The quantitative estimate of drug-likeness (QED) is 0.149. The number of carbonyl (C=O) groups is 1. The van der Waals surface area contributed by atoms with E-state index in [2.05, 4.69) is 63.5 Å². The molecule has 0 saturated heterocycles. The number of halogens is 2. The molecule has 3 aromatic rings. The van der Waals surface area contributed by atoms with E-state index < -0.39 is 11.6 Å². The number of rotatable bonds is 12. The summed E-state index contributed by atoms with van der Waals surface area (Å²) in [6.45, 7) is 7.63. The molecule has 0 fully saturated rings. The number of hydrogen-bond donors (Lipinski definition) is 3. The van der Waals surface area contributed by atoms with Crippen LogP contribution in [0.2, 0.25) is 0 Å². The van der Waals surface area contributed by atoms with E-state index in [-0.39, 0.29) is 17.9 Å². The monoisotopic (exact) mass is 685 g/mol. The fourth-order valence-corrected chi connectivity index (χ4v) is 5.05. The zero-order valence-corrected chi connectivity index (χ0v) is 26.8. The molecule has 0 aliphatic carbocycles. The van der Waals surface area contributed by atoms with Crippen molar-refractivity contribution in [3.05, 3.63) is 98.4 Å². The minimum Gasteiger partial charge on any atom is -0.494 e. The third kappa shape index (κ3) is 8.41. The van der Waals surface area contributed by atoms with Crippen LogP contribution in [0.25, 0.3) is 0 Å². The van der Waals surface area contributed by atoms with Crippen molar-refractivity contribution in [3.63, 3.8) is 0 Å². The van der Waals surface area contributed by atoms with Gasteiger partial charge in [0.15, 0.2) is 11.6 Å². The van der Waals surface area contributed by atoms with Gasteiger partial charge in [-0.3, -0.25) is 10.2 Å². The molecule has 9 heteroatoms. The molecule has 1 amide bonds. The van der Waals surface area contributed by atoms with Crippen LogP contribution in [-0.2, 0) is 16.0 Å². The van der Waals surface area contributed by atoms with Crippen molar-refractivity contribution in [1.82, 2.24) is 10.9 Å². The first-order valence-electron chi connectivity index (χ1n) is 13.7. The molecule has 3 N–H and O–H groups in total. The Balaban J connectivity index is 1.72. The van der Waals surface area contributed by atoms with E-state index in [1.165, 1.54) is 0 Å². The molecule has 1 aliphatic rings. The largest absolute Gasteiger partial charge is 0.494 e. The zero-order chi connectivity index (χ0) is 29.5. The fraction of sp³-hybridized carbons (Fsp3) is 0.375. The van der Waals surface area contributed by atoms with Gasteiger partial charge in [-0.15, -0.1) is 0 Å². The second-order valence-corrected chi connectivity index (χ2v) is 13.2. The van der Waals surface area contributed by atoms with Crippen molar-refractivity contribution < 1.29 is 19.4 Å². The Morgan fingerprint density at radius 1 is 1.00 bits per heavy atom. The molecule has 0 radical (unpaired) electrons. The first kappa shape index (κ1) is 31.2. The topological polar surface area (TPSA) is 92.2 Å². The van der Waals surface area contributed by atoms with Crippen molar-refractivity contribution in [2.24, 2.45) is 10.4 Å². The average molecular weight is 687 g/mol. The van der Waals surface area contributed by atoms with Gasteiger partial charge in [0.1, 0.15) is 5.75 Å². The highest BCUT2D eigenvalue weighted by Crippen LogP contribution is 2.43. The highest BCUT2D eigenvalue weighted by atomic mass is 79.9. The van der Waals surface area contributed by atoms with E-state index >= 15 is 0 Å². The molecule has 0 saturated carbocycles. The van der Waals surface area contributed by atoms with Crippen LogP contribution in [0.1, 0.15) is 56.4 Å². The van der Waals surface area contributed by atoms with Crippen molar-refractivity contribution in [2.45, 2.75) is 51.7 Å². The Bertz CT molecular complexity index is 1320. The summed E-state index contributed by atoms with van der Waals surface area (Å²) in [5, 5.41) is 9.03. The molecule has 7 nitrogen and oxygen atoms in total. The van der Waals surface area contributed by atoms with E-state index in [0.717, 1.165) is 32.1 Å².